The fourth-order valence-corrected chi connectivity index (χ4v) is 2.07. The molecule has 2 heterocycles. The number of carbonyl (C=O) groups excluding carboxylic acids is 1. The van der Waals surface area contributed by atoms with Gasteiger partial charge in [0.05, 0.1) is 13.2 Å². The zero-order chi connectivity index (χ0) is 12.4. The van der Waals surface area contributed by atoms with Crippen LogP contribution in [0.15, 0.2) is 5.38 Å². The molecule has 0 spiro atoms. The molecule has 1 aromatic rings. The monoisotopic (exact) mass is 257 g/mol. The number of aromatic nitrogens is 1. The number of ether oxygens (including phenoxy) is 1. The standard InChI is InChI=1S/C9H11N3O4S/c10-9-11-5(4-17-9)7(13)12-1-2-16-6(3-12)8(14)15/h4,6H,1-3H2,(H2,10,11)(H,14,15). The number of nitrogens with zero attached hydrogens (tertiary/aromatic N) is 2. The summed E-state index contributed by atoms with van der Waals surface area (Å²) in [7, 11) is 0. The van der Waals surface area contributed by atoms with E-state index in [1.807, 2.05) is 0 Å². The summed E-state index contributed by atoms with van der Waals surface area (Å²) in [6.45, 7) is 0.605. The molecule has 0 aliphatic carbocycles. The van der Waals surface area contributed by atoms with Gasteiger partial charge in [-0.2, -0.15) is 0 Å². The quantitative estimate of drug-likeness (QED) is 0.750. The van der Waals surface area contributed by atoms with E-state index < -0.39 is 12.1 Å². The van der Waals surface area contributed by atoms with Gasteiger partial charge in [0.1, 0.15) is 5.69 Å². The summed E-state index contributed by atoms with van der Waals surface area (Å²) in [6.07, 6.45) is -0.969. The zero-order valence-corrected chi connectivity index (χ0v) is 9.64. The molecular formula is C9H11N3O4S. The fourth-order valence-electron chi connectivity index (χ4n) is 1.53. The topological polar surface area (TPSA) is 106 Å². The van der Waals surface area contributed by atoms with Gasteiger partial charge in [0.15, 0.2) is 11.2 Å². The Kier molecular flexibility index (Phi) is 3.25. The molecule has 2 rings (SSSR count). The van der Waals surface area contributed by atoms with E-state index in [1.165, 1.54) is 16.2 Å². The van der Waals surface area contributed by atoms with Crippen molar-refractivity contribution >= 4 is 28.3 Å². The lowest BCUT2D eigenvalue weighted by Crippen LogP contribution is -2.48. The Hall–Kier alpha value is -1.67. The number of morpholine rings is 1. The third-order valence-corrected chi connectivity index (χ3v) is 3.04. The molecule has 3 N–H and O–H groups in total. The van der Waals surface area contributed by atoms with Crippen molar-refractivity contribution in [2.24, 2.45) is 0 Å². The first-order chi connectivity index (χ1) is 8.08. The van der Waals surface area contributed by atoms with E-state index in [9.17, 15) is 9.59 Å². The molecule has 1 saturated heterocycles. The van der Waals surface area contributed by atoms with Crippen LogP contribution in [0.4, 0.5) is 5.13 Å². The molecule has 0 aromatic carbocycles. The molecule has 1 fully saturated rings. The Labute approximate surface area is 101 Å². The SMILES string of the molecule is Nc1nc(C(=O)N2CCOC(C(=O)O)C2)cs1. The van der Waals surface area contributed by atoms with Gasteiger partial charge in [0.2, 0.25) is 0 Å². The number of rotatable bonds is 2. The minimum Gasteiger partial charge on any atom is -0.479 e. The average molecular weight is 257 g/mol. The van der Waals surface area contributed by atoms with Crippen molar-refractivity contribution in [1.82, 2.24) is 9.88 Å². The number of hydrogen-bond donors (Lipinski definition) is 2. The largest absolute Gasteiger partial charge is 0.479 e. The molecule has 0 bridgehead atoms. The van der Waals surface area contributed by atoms with E-state index in [-0.39, 0.29) is 24.8 Å². The van der Waals surface area contributed by atoms with Crippen LogP contribution in [-0.4, -0.2) is 52.7 Å². The van der Waals surface area contributed by atoms with Crippen molar-refractivity contribution in [3.05, 3.63) is 11.1 Å². The van der Waals surface area contributed by atoms with E-state index in [4.69, 9.17) is 15.6 Å². The van der Waals surface area contributed by atoms with Gasteiger partial charge in [-0.3, -0.25) is 4.79 Å². The highest BCUT2D eigenvalue weighted by Gasteiger charge is 2.30. The van der Waals surface area contributed by atoms with Gasteiger partial charge in [-0.1, -0.05) is 0 Å². The minimum atomic E-state index is -1.07. The molecule has 0 radical (unpaired) electrons. The van der Waals surface area contributed by atoms with Crippen LogP contribution < -0.4 is 5.73 Å². The van der Waals surface area contributed by atoms with Crippen LogP contribution in [0.5, 0.6) is 0 Å². The van der Waals surface area contributed by atoms with E-state index in [0.717, 1.165) is 0 Å². The molecule has 7 nitrogen and oxygen atoms in total. The van der Waals surface area contributed by atoms with Crippen LogP contribution in [0.1, 0.15) is 10.5 Å². The lowest BCUT2D eigenvalue weighted by atomic mass is 10.2. The molecule has 17 heavy (non-hydrogen) atoms. The number of nitrogens with two attached hydrogens (primary N) is 1. The van der Waals surface area contributed by atoms with E-state index in [2.05, 4.69) is 4.98 Å². The predicted molar refractivity (Wildman–Crippen MR) is 59.8 cm³/mol. The summed E-state index contributed by atoms with van der Waals surface area (Å²) in [5.41, 5.74) is 5.69. The lowest BCUT2D eigenvalue weighted by Gasteiger charge is -2.30. The molecule has 1 aromatic heterocycles. The van der Waals surface area contributed by atoms with E-state index in [1.54, 1.807) is 5.38 Å². The van der Waals surface area contributed by atoms with Crippen molar-refractivity contribution in [1.29, 1.82) is 0 Å². The molecule has 1 unspecified atom stereocenters. The maximum absolute atomic E-state index is 11.9. The van der Waals surface area contributed by atoms with Crippen LogP contribution in [0.2, 0.25) is 0 Å². The lowest BCUT2D eigenvalue weighted by molar-refractivity contribution is -0.154. The highest BCUT2D eigenvalue weighted by molar-refractivity contribution is 7.13. The number of anilines is 1. The van der Waals surface area contributed by atoms with Gasteiger partial charge in [0, 0.05) is 11.9 Å². The smallest absolute Gasteiger partial charge is 0.334 e. The highest BCUT2D eigenvalue weighted by atomic mass is 32.1. The van der Waals surface area contributed by atoms with Crippen molar-refractivity contribution in [2.45, 2.75) is 6.10 Å². The van der Waals surface area contributed by atoms with Crippen LogP contribution in [0, 0.1) is 0 Å². The first kappa shape index (κ1) is 11.8. The van der Waals surface area contributed by atoms with Gasteiger partial charge < -0.3 is 20.5 Å². The number of carboxylic acids is 1. The third-order valence-electron chi connectivity index (χ3n) is 2.37. The van der Waals surface area contributed by atoms with E-state index >= 15 is 0 Å². The van der Waals surface area contributed by atoms with Crippen molar-refractivity contribution in [3.8, 4) is 0 Å². The first-order valence-corrected chi connectivity index (χ1v) is 5.80. The highest BCUT2D eigenvalue weighted by Crippen LogP contribution is 2.15. The Balaban J connectivity index is 2.07. The number of aliphatic carboxylic acids is 1. The minimum absolute atomic E-state index is 0.0333. The number of carbonyl (C=O) groups is 2. The maximum atomic E-state index is 11.9. The summed E-state index contributed by atoms with van der Waals surface area (Å²) >= 11 is 1.18. The number of carboxylic acid groups (broad SMARTS) is 1. The van der Waals surface area contributed by atoms with Gasteiger partial charge in [0.25, 0.3) is 5.91 Å². The third kappa shape index (κ3) is 2.53. The summed E-state index contributed by atoms with van der Waals surface area (Å²) in [4.78, 5) is 28.0. The molecule has 8 heteroatoms. The molecule has 1 amide bonds. The summed E-state index contributed by atoms with van der Waals surface area (Å²) in [6, 6.07) is 0. The Morgan fingerprint density at radius 1 is 1.65 bits per heavy atom. The van der Waals surface area contributed by atoms with Crippen LogP contribution in [-0.2, 0) is 9.53 Å². The Morgan fingerprint density at radius 3 is 3.00 bits per heavy atom. The number of amides is 1. The van der Waals surface area contributed by atoms with Gasteiger partial charge in [-0.25, -0.2) is 9.78 Å². The molecule has 92 valence electrons. The number of nitrogen functional groups attached to an aromatic ring is 1. The predicted octanol–water partition coefficient (Wildman–Crippen LogP) is -0.349. The molecular weight excluding hydrogens is 246 g/mol. The van der Waals surface area contributed by atoms with Crippen molar-refractivity contribution < 1.29 is 19.4 Å². The number of hydrogen-bond acceptors (Lipinski definition) is 6. The van der Waals surface area contributed by atoms with Gasteiger partial charge >= 0.3 is 5.97 Å². The maximum Gasteiger partial charge on any atom is 0.334 e. The van der Waals surface area contributed by atoms with Gasteiger partial charge in [-0.15, -0.1) is 11.3 Å². The molecule has 0 saturated carbocycles. The van der Waals surface area contributed by atoms with Crippen LogP contribution in [0.3, 0.4) is 0 Å². The summed E-state index contributed by atoms with van der Waals surface area (Å²) in [5, 5.41) is 10.7. The molecule has 1 aliphatic rings. The van der Waals surface area contributed by atoms with E-state index in [0.29, 0.717) is 11.7 Å². The van der Waals surface area contributed by atoms with Crippen molar-refractivity contribution in [2.75, 3.05) is 25.4 Å². The first-order valence-electron chi connectivity index (χ1n) is 4.92. The average Bonchev–Trinajstić information content (AvgIpc) is 2.75. The fraction of sp³-hybridized carbons (Fsp3) is 0.444. The van der Waals surface area contributed by atoms with Crippen LogP contribution >= 0.6 is 11.3 Å². The second kappa shape index (κ2) is 4.68. The van der Waals surface area contributed by atoms with Gasteiger partial charge in [-0.05, 0) is 0 Å². The van der Waals surface area contributed by atoms with Crippen LogP contribution in [0.25, 0.3) is 0 Å². The molecule has 1 aliphatic heterocycles. The second-order valence-electron chi connectivity index (χ2n) is 3.52. The Bertz CT molecular complexity index is 447. The molecule has 1 atom stereocenters. The van der Waals surface area contributed by atoms with Crippen molar-refractivity contribution in [3.63, 3.8) is 0 Å². The summed E-state index contributed by atoms with van der Waals surface area (Å²) < 4.78 is 5.02. The number of thiazole rings is 1. The second-order valence-corrected chi connectivity index (χ2v) is 4.41. The summed E-state index contributed by atoms with van der Waals surface area (Å²) in [5.74, 6) is -1.38. The zero-order valence-electron chi connectivity index (χ0n) is 8.83. The normalized spacial score (nSPS) is 20.2. The Morgan fingerprint density at radius 2 is 2.41 bits per heavy atom.